The van der Waals surface area contributed by atoms with E-state index in [0.717, 1.165) is 35.6 Å². The molecule has 11 aromatic carbocycles. The zero-order valence-corrected chi connectivity index (χ0v) is 36.4. The molecule has 0 unspecified atom stereocenters. The van der Waals surface area contributed by atoms with E-state index in [2.05, 4.69) is 242 Å². The number of allylic oxidation sites excluding steroid dienone is 7. The summed E-state index contributed by atoms with van der Waals surface area (Å²) in [5, 5.41) is 15.3. The van der Waals surface area contributed by atoms with Gasteiger partial charge >= 0.3 is 0 Å². The highest BCUT2D eigenvalue weighted by Crippen LogP contribution is 2.57. The maximum absolute atomic E-state index is 4.12. The van der Waals surface area contributed by atoms with Crippen LogP contribution in [0, 0.1) is 0 Å². The summed E-state index contributed by atoms with van der Waals surface area (Å²) in [7, 11) is 0. The van der Waals surface area contributed by atoms with Crippen LogP contribution in [-0.4, -0.2) is 0 Å². The molecule has 2 nitrogen and oxygen atoms in total. The molecule has 0 saturated heterocycles. The summed E-state index contributed by atoms with van der Waals surface area (Å²) in [6.45, 7) is 6.19. The fourth-order valence-electron chi connectivity index (χ4n) is 10.9. The second-order valence-corrected chi connectivity index (χ2v) is 17.0. The summed E-state index contributed by atoms with van der Waals surface area (Å²) in [5.74, 6) is 0. The minimum Gasteiger partial charge on any atom is -0.310 e. The van der Waals surface area contributed by atoms with Crippen molar-refractivity contribution in [2.45, 2.75) is 19.8 Å². The number of benzene rings is 9. The molecule has 0 fully saturated rings. The van der Waals surface area contributed by atoms with Crippen LogP contribution in [-0.2, 0) is 0 Å². The van der Waals surface area contributed by atoms with Gasteiger partial charge in [-0.1, -0.05) is 176 Å². The molecule has 1 aliphatic rings. The zero-order chi connectivity index (χ0) is 43.4. The van der Waals surface area contributed by atoms with Crippen molar-refractivity contribution < 1.29 is 0 Å². The minimum absolute atomic E-state index is 1.02. The molecular formula is C63H46N2. The molecular weight excluding hydrogens is 785 g/mol. The lowest BCUT2D eigenvalue weighted by molar-refractivity contribution is 0.998. The SMILES string of the molecule is C=CC=C(C=CC)N(c1ccccc1)c1ccc2c3c(-c4ccccc4)c4c5cccc6c(N(C7=CCCC=C7)c7ccccc7)ccc(c4c(-c4ccccc4)c3c3cccc1c32)c65. The van der Waals surface area contributed by atoms with Crippen LogP contribution >= 0.6 is 0 Å². The van der Waals surface area contributed by atoms with Crippen molar-refractivity contribution in [2.24, 2.45) is 0 Å². The molecule has 1 aliphatic carbocycles. The van der Waals surface area contributed by atoms with Gasteiger partial charge in [0.25, 0.3) is 0 Å². The molecule has 0 bridgehead atoms. The van der Waals surface area contributed by atoms with E-state index in [1.165, 1.54) is 98.3 Å². The molecule has 65 heavy (non-hydrogen) atoms. The van der Waals surface area contributed by atoms with Crippen LogP contribution in [0.25, 0.3) is 86.9 Å². The van der Waals surface area contributed by atoms with Crippen LogP contribution in [0.4, 0.5) is 22.7 Å². The van der Waals surface area contributed by atoms with Crippen molar-refractivity contribution in [3.05, 3.63) is 242 Å². The first-order valence-corrected chi connectivity index (χ1v) is 22.8. The Bertz CT molecular complexity index is 3610. The van der Waals surface area contributed by atoms with Crippen molar-refractivity contribution >= 4 is 87.4 Å². The average Bonchev–Trinajstić information content (AvgIpc) is 3.88. The van der Waals surface area contributed by atoms with Crippen LogP contribution < -0.4 is 9.80 Å². The van der Waals surface area contributed by atoms with Crippen LogP contribution in [0.5, 0.6) is 0 Å². The third kappa shape index (κ3) is 6.02. The molecule has 12 rings (SSSR count). The summed E-state index contributed by atoms with van der Waals surface area (Å²) in [4.78, 5) is 4.83. The second kappa shape index (κ2) is 15.9. The average molecular weight is 831 g/mol. The number of nitrogens with zero attached hydrogens (tertiary/aromatic N) is 2. The van der Waals surface area contributed by atoms with Gasteiger partial charge in [0.2, 0.25) is 0 Å². The lowest BCUT2D eigenvalue weighted by atomic mass is 9.87. The molecule has 0 atom stereocenters. The molecule has 0 N–H and O–H groups in total. The Balaban J connectivity index is 1.26. The summed E-state index contributed by atoms with van der Waals surface area (Å²) < 4.78 is 0. The van der Waals surface area contributed by atoms with Gasteiger partial charge in [0.15, 0.2) is 0 Å². The van der Waals surface area contributed by atoms with Gasteiger partial charge in [-0.15, -0.1) is 0 Å². The smallest absolute Gasteiger partial charge is 0.0540 e. The fourth-order valence-corrected chi connectivity index (χ4v) is 10.9. The number of fused-ring (bicyclic) bond motifs is 6. The lowest BCUT2D eigenvalue weighted by Crippen LogP contribution is -2.16. The Kier molecular flexibility index (Phi) is 9.39. The van der Waals surface area contributed by atoms with Gasteiger partial charge in [-0.3, -0.25) is 0 Å². The number of para-hydroxylation sites is 2. The molecule has 0 aliphatic heterocycles. The van der Waals surface area contributed by atoms with Crippen LogP contribution in [0.1, 0.15) is 19.8 Å². The highest BCUT2D eigenvalue weighted by Gasteiger charge is 2.30. The standard InChI is InChI=1S/C63H46N2/c1-3-22-44(23-4-2)64(45-28-14-7-15-29-45)54-40-38-52-58-48(54)34-20-36-50(58)60-56(42-24-10-5-11-25-42)63-53-39-41-55(65(46-30-16-8-17-31-46)47-32-18-9-19-33-47)49-35-21-37-51(59(49)53)61(63)57(62(52)60)43-26-12-6-13-27-43/h3-8,10-18,20-41H,1,9,19H2,2H3. The Morgan fingerprint density at radius 2 is 0.938 bits per heavy atom. The number of hydrogen-bond acceptors (Lipinski definition) is 2. The molecule has 0 amide bonds. The van der Waals surface area contributed by atoms with Crippen molar-refractivity contribution in [1.29, 1.82) is 0 Å². The van der Waals surface area contributed by atoms with Gasteiger partial charge in [-0.25, -0.2) is 0 Å². The van der Waals surface area contributed by atoms with Gasteiger partial charge < -0.3 is 9.80 Å². The molecule has 0 spiro atoms. The van der Waals surface area contributed by atoms with Gasteiger partial charge in [0.1, 0.15) is 0 Å². The van der Waals surface area contributed by atoms with Gasteiger partial charge in [0, 0.05) is 33.5 Å². The number of hydrogen-bond donors (Lipinski definition) is 0. The number of rotatable bonds is 10. The van der Waals surface area contributed by atoms with Crippen LogP contribution in [0.15, 0.2) is 242 Å². The summed E-state index contributed by atoms with van der Waals surface area (Å²) in [6.07, 6.45) is 17.3. The number of anilines is 4. The molecule has 11 aromatic rings. The zero-order valence-electron chi connectivity index (χ0n) is 36.4. The highest BCUT2D eigenvalue weighted by molar-refractivity contribution is 6.47. The first-order valence-electron chi connectivity index (χ1n) is 22.8. The van der Waals surface area contributed by atoms with E-state index < -0.39 is 0 Å². The van der Waals surface area contributed by atoms with E-state index in [9.17, 15) is 0 Å². The van der Waals surface area contributed by atoms with E-state index in [-0.39, 0.29) is 0 Å². The molecule has 0 saturated carbocycles. The predicted molar refractivity (Wildman–Crippen MR) is 281 cm³/mol. The van der Waals surface area contributed by atoms with Gasteiger partial charge in [-0.2, -0.15) is 0 Å². The third-order valence-electron chi connectivity index (χ3n) is 13.4. The van der Waals surface area contributed by atoms with Crippen molar-refractivity contribution in [2.75, 3.05) is 9.80 Å². The Morgan fingerprint density at radius 1 is 0.462 bits per heavy atom. The summed E-state index contributed by atoms with van der Waals surface area (Å²) >= 11 is 0. The topological polar surface area (TPSA) is 6.48 Å². The van der Waals surface area contributed by atoms with Crippen LogP contribution in [0.3, 0.4) is 0 Å². The van der Waals surface area contributed by atoms with E-state index in [0.29, 0.717) is 0 Å². The molecule has 0 heterocycles. The van der Waals surface area contributed by atoms with Gasteiger partial charge in [-0.05, 0) is 151 Å². The second-order valence-electron chi connectivity index (χ2n) is 17.0. The Morgan fingerprint density at radius 3 is 1.45 bits per heavy atom. The first-order chi connectivity index (χ1) is 32.2. The van der Waals surface area contributed by atoms with Crippen molar-refractivity contribution in [1.82, 2.24) is 0 Å². The summed E-state index contributed by atoms with van der Waals surface area (Å²) in [6, 6.07) is 67.2. The highest BCUT2D eigenvalue weighted by atomic mass is 15.2. The monoisotopic (exact) mass is 830 g/mol. The van der Waals surface area contributed by atoms with E-state index in [1.54, 1.807) is 0 Å². The maximum atomic E-state index is 4.12. The molecule has 0 aromatic heterocycles. The fraction of sp³-hybridized carbons (Fsp3) is 0.0476. The summed E-state index contributed by atoms with van der Waals surface area (Å²) in [5.41, 5.74) is 11.8. The molecule has 2 heteroatoms. The lowest BCUT2D eigenvalue weighted by Gasteiger charge is -2.29. The van der Waals surface area contributed by atoms with Crippen molar-refractivity contribution in [3.8, 4) is 22.3 Å². The van der Waals surface area contributed by atoms with E-state index >= 15 is 0 Å². The predicted octanol–water partition coefficient (Wildman–Crippen LogP) is 18.0. The van der Waals surface area contributed by atoms with E-state index in [1.807, 2.05) is 6.08 Å². The first kappa shape index (κ1) is 38.5. The molecule has 308 valence electrons. The third-order valence-corrected chi connectivity index (χ3v) is 13.4. The van der Waals surface area contributed by atoms with Crippen molar-refractivity contribution in [3.63, 3.8) is 0 Å². The minimum atomic E-state index is 1.02. The quantitative estimate of drug-likeness (QED) is 0.127. The largest absolute Gasteiger partial charge is 0.310 e. The van der Waals surface area contributed by atoms with Gasteiger partial charge in [0.05, 0.1) is 11.4 Å². The Labute approximate surface area is 380 Å². The molecule has 0 radical (unpaired) electrons. The maximum Gasteiger partial charge on any atom is 0.0540 e. The van der Waals surface area contributed by atoms with E-state index in [4.69, 9.17) is 0 Å². The Hall–Kier alpha value is -8.20. The normalized spacial score (nSPS) is 13.3. The van der Waals surface area contributed by atoms with Crippen LogP contribution in [0.2, 0.25) is 0 Å².